The number of rotatable bonds is 10. The number of benzene rings is 1. The van der Waals surface area contributed by atoms with Gasteiger partial charge in [-0.05, 0) is 42.7 Å². The van der Waals surface area contributed by atoms with Gasteiger partial charge in [0.2, 0.25) is 27.7 Å². The second kappa shape index (κ2) is 11.6. The Bertz CT molecular complexity index is 1660. The topological polar surface area (TPSA) is 150 Å². The number of fused-ring (bicyclic) bond motifs is 3. The number of carbonyl (C=O) groups is 3. The summed E-state index contributed by atoms with van der Waals surface area (Å²) in [7, 11) is -2.47. The molecule has 4 heterocycles. The average molecular weight is 616 g/mol. The Hall–Kier alpha value is -3.62. The molecule has 0 aliphatic carbocycles. The van der Waals surface area contributed by atoms with Crippen molar-refractivity contribution in [1.82, 2.24) is 19.2 Å². The third kappa shape index (κ3) is 5.57. The van der Waals surface area contributed by atoms with Crippen LogP contribution in [0.1, 0.15) is 43.7 Å². The number of methoxy groups -OCH3 is 1. The number of hydrogen-bond donors (Lipinski definition) is 1. The summed E-state index contributed by atoms with van der Waals surface area (Å²) in [5.74, 6) is -0.888. The molecule has 1 saturated heterocycles. The lowest BCUT2D eigenvalue weighted by atomic mass is 9.81. The van der Waals surface area contributed by atoms with Gasteiger partial charge in [0.15, 0.2) is 0 Å². The molecule has 1 aromatic carbocycles. The van der Waals surface area contributed by atoms with E-state index in [4.69, 9.17) is 9.84 Å². The van der Waals surface area contributed by atoms with Crippen molar-refractivity contribution < 1.29 is 32.6 Å². The maximum Gasteiger partial charge on any atom is 0.304 e. The molecule has 2 aromatic heterocycles. The lowest BCUT2D eigenvalue weighted by molar-refractivity contribution is -0.137. The van der Waals surface area contributed by atoms with Gasteiger partial charge in [0.1, 0.15) is 15.4 Å². The molecule has 0 bridgehead atoms. The Kier molecular flexibility index (Phi) is 8.23. The molecular weight excluding hydrogens is 582 g/mol. The van der Waals surface area contributed by atoms with Crippen LogP contribution in [-0.2, 0) is 36.2 Å². The molecule has 1 fully saturated rings. The lowest BCUT2D eigenvalue weighted by Gasteiger charge is -2.26. The fourth-order valence-corrected chi connectivity index (χ4v) is 8.23. The Morgan fingerprint density at radius 3 is 2.60 bits per heavy atom. The number of pyridine rings is 1. The Morgan fingerprint density at radius 1 is 1.14 bits per heavy atom. The lowest BCUT2D eigenvalue weighted by Crippen LogP contribution is -2.40. The first-order valence-electron chi connectivity index (χ1n) is 13.7. The van der Waals surface area contributed by atoms with Gasteiger partial charge in [-0.1, -0.05) is 18.3 Å². The number of anilines is 1. The van der Waals surface area contributed by atoms with Crippen LogP contribution in [0.15, 0.2) is 35.2 Å². The van der Waals surface area contributed by atoms with Crippen LogP contribution in [0, 0.1) is 0 Å². The van der Waals surface area contributed by atoms with E-state index in [2.05, 4.69) is 9.97 Å². The Morgan fingerprint density at radius 2 is 1.93 bits per heavy atom. The molecule has 3 aromatic rings. The van der Waals surface area contributed by atoms with E-state index >= 15 is 0 Å². The molecule has 0 saturated carbocycles. The summed E-state index contributed by atoms with van der Waals surface area (Å²) in [5, 5.41) is 9.75. The molecule has 2 aliphatic rings. The van der Waals surface area contributed by atoms with E-state index in [1.807, 2.05) is 6.92 Å². The van der Waals surface area contributed by atoms with Crippen molar-refractivity contribution in [2.24, 2.45) is 0 Å². The molecule has 224 valence electrons. The number of nitrogens with zero attached hydrogens (tertiary/aromatic N) is 5. The first-order chi connectivity index (χ1) is 20.0. The molecule has 12 nitrogen and oxygen atoms in total. The molecular formula is C28H33N5O7S2. The fraction of sp³-hybridized carbons (Fsp3) is 0.464. The van der Waals surface area contributed by atoms with Crippen LogP contribution >= 0.6 is 11.3 Å². The quantitative estimate of drug-likeness (QED) is 0.363. The van der Waals surface area contributed by atoms with Gasteiger partial charge in [0, 0.05) is 56.8 Å². The molecule has 1 N–H and O–H groups in total. The summed E-state index contributed by atoms with van der Waals surface area (Å²) in [6.45, 7) is 4.55. The largest absolute Gasteiger partial charge is 0.481 e. The van der Waals surface area contributed by atoms with E-state index in [1.165, 1.54) is 35.7 Å². The molecule has 14 heteroatoms. The smallest absolute Gasteiger partial charge is 0.304 e. The van der Waals surface area contributed by atoms with Gasteiger partial charge in [0.25, 0.3) is 0 Å². The van der Waals surface area contributed by atoms with Gasteiger partial charge in [-0.3, -0.25) is 14.4 Å². The highest BCUT2D eigenvalue weighted by molar-refractivity contribution is 7.89. The van der Waals surface area contributed by atoms with E-state index in [1.54, 1.807) is 34.1 Å². The fourth-order valence-electron chi connectivity index (χ4n) is 5.75. The number of sulfonamides is 1. The SMILES string of the molecule is CCCN(CCC(=O)O)S(=O)(=O)c1ccc2c(c1)C1(CCN(C(C)=O)C1)CN2C(=O)Cc1nc2ccc(OC)nc2s1. The van der Waals surface area contributed by atoms with Crippen LogP contribution in [0.25, 0.3) is 10.3 Å². The highest BCUT2D eigenvalue weighted by Crippen LogP contribution is 2.47. The number of likely N-dealkylation sites (tertiary alicyclic amines) is 1. The van der Waals surface area contributed by atoms with Gasteiger partial charge in [0.05, 0.1) is 24.8 Å². The van der Waals surface area contributed by atoms with Crippen molar-refractivity contribution in [1.29, 1.82) is 0 Å². The molecule has 2 aliphatic heterocycles. The van der Waals surface area contributed by atoms with E-state index < -0.39 is 21.4 Å². The highest BCUT2D eigenvalue weighted by Gasteiger charge is 2.50. The maximum atomic E-state index is 13.7. The van der Waals surface area contributed by atoms with Crippen LogP contribution in [0.5, 0.6) is 5.88 Å². The zero-order chi connectivity index (χ0) is 30.2. The Labute approximate surface area is 248 Å². The van der Waals surface area contributed by atoms with Crippen LogP contribution in [0.2, 0.25) is 0 Å². The number of carbonyl (C=O) groups excluding carboxylic acids is 2. The van der Waals surface area contributed by atoms with Crippen molar-refractivity contribution in [3.05, 3.63) is 40.9 Å². The third-order valence-electron chi connectivity index (χ3n) is 7.86. The van der Waals surface area contributed by atoms with Crippen molar-refractivity contribution in [3.8, 4) is 5.88 Å². The first kappa shape index (κ1) is 29.9. The number of thiazole rings is 1. The van der Waals surface area contributed by atoms with E-state index in [0.29, 0.717) is 65.0 Å². The van der Waals surface area contributed by atoms with Crippen LogP contribution < -0.4 is 9.64 Å². The van der Waals surface area contributed by atoms with Crippen molar-refractivity contribution in [2.75, 3.05) is 44.7 Å². The molecule has 0 radical (unpaired) electrons. The van der Waals surface area contributed by atoms with E-state index in [-0.39, 0.29) is 42.6 Å². The predicted molar refractivity (Wildman–Crippen MR) is 156 cm³/mol. The standard InChI is InChI=1S/C28H33N5O7S2/c1-4-11-32(12-9-26(36)37)42(38,39)19-5-7-22-20(14-19)28(10-13-31(16-28)18(2)34)17-33(22)25(35)15-24-29-21-6-8-23(40-3)30-27(21)41-24/h5-8,14H,4,9-13,15-17H2,1-3H3,(H,36,37). The first-order valence-corrected chi connectivity index (χ1v) is 16.0. The van der Waals surface area contributed by atoms with Gasteiger partial charge >= 0.3 is 5.97 Å². The third-order valence-corrected chi connectivity index (χ3v) is 10.7. The minimum Gasteiger partial charge on any atom is -0.481 e. The number of hydrogen-bond acceptors (Lipinski definition) is 9. The van der Waals surface area contributed by atoms with Crippen LogP contribution in [0.4, 0.5) is 5.69 Å². The van der Waals surface area contributed by atoms with Gasteiger partial charge < -0.3 is 19.6 Å². The summed E-state index contributed by atoms with van der Waals surface area (Å²) in [6.07, 6.45) is 0.833. The molecule has 42 heavy (non-hydrogen) atoms. The second-order valence-electron chi connectivity index (χ2n) is 10.6. The van der Waals surface area contributed by atoms with Gasteiger partial charge in [-0.25, -0.2) is 18.4 Å². The minimum atomic E-state index is -4.00. The molecule has 1 atom stereocenters. The average Bonchev–Trinajstić information content (AvgIpc) is 3.65. The normalized spacial score (nSPS) is 18.3. The van der Waals surface area contributed by atoms with E-state index in [0.717, 1.165) is 0 Å². The van der Waals surface area contributed by atoms with Crippen molar-refractivity contribution in [2.45, 2.75) is 49.8 Å². The van der Waals surface area contributed by atoms with Crippen LogP contribution in [0.3, 0.4) is 0 Å². The zero-order valence-electron chi connectivity index (χ0n) is 23.7. The predicted octanol–water partition coefficient (Wildman–Crippen LogP) is 2.65. The van der Waals surface area contributed by atoms with Gasteiger partial charge in [-0.2, -0.15) is 4.31 Å². The number of aliphatic carboxylic acids is 1. The van der Waals surface area contributed by atoms with Crippen molar-refractivity contribution >= 4 is 55.2 Å². The number of amides is 2. The molecule has 1 spiro atoms. The van der Waals surface area contributed by atoms with Crippen molar-refractivity contribution in [3.63, 3.8) is 0 Å². The summed E-state index contributed by atoms with van der Waals surface area (Å²) >= 11 is 1.31. The van der Waals surface area contributed by atoms with E-state index in [9.17, 15) is 22.8 Å². The second-order valence-corrected chi connectivity index (χ2v) is 13.6. The summed E-state index contributed by atoms with van der Waals surface area (Å²) in [4.78, 5) is 50.3. The molecule has 2 amide bonds. The molecule has 5 rings (SSSR count). The highest BCUT2D eigenvalue weighted by atomic mass is 32.2. The Balaban J connectivity index is 1.49. The summed E-state index contributed by atoms with van der Waals surface area (Å²) < 4.78 is 33.7. The zero-order valence-corrected chi connectivity index (χ0v) is 25.3. The number of aromatic nitrogens is 2. The number of ether oxygens (including phenoxy) is 1. The summed E-state index contributed by atoms with van der Waals surface area (Å²) in [5.41, 5.74) is 1.36. The van der Waals surface area contributed by atoms with Crippen LogP contribution in [-0.4, -0.2) is 90.3 Å². The maximum absolute atomic E-state index is 13.7. The van der Waals surface area contributed by atoms with Gasteiger partial charge in [-0.15, -0.1) is 0 Å². The number of carboxylic acids is 1. The monoisotopic (exact) mass is 615 g/mol. The molecule has 1 unspecified atom stereocenters. The number of carboxylic acid groups (broad SMARTS) is 1. The minimum absolute atomic E-state index is 0.0365. The summed E-state index contributed by atoms with van der Waals surface area (Å²) in [6, 6.07) is 8.24.